The molecule has 122 valence electrons. The number of rotatable bonds is 5. The summed E-state index contributed by atoms with van der Waals surface area (Å²) in [5.41, 5.74) is 2.88. The minimum absolute atomic E-state index is 0.147. The SMILES string of the molecule is O=C(CSc1nncs1)Nc1ccc(N2CCCS2(=O)=O)cc1. The Hall–Kier alpha value is -1.65. The van der Waals surface area contributed by atoms with Gasteiger partial charge in [-0.3, -0.25) is 9.10 Å². The predicted octanol–water partition coefficient (Wildman–Crippen LogP) is 1.81. The van der Waals surface area contributed by atoms with Crippen LogP contribution in [0.3, 0.4) is 0 Å². The Labute approximate surface area is 142 Å². The third-order valence-corrected chi connectivity index (χ3v) is 6.93. The van der Waals surface area contributed by atoms with Crippen molar-refractivity contribution < 1.29 is 13.2 Å². The molecule has 7 nitrogen and oxygen atoms in total. The highest BCUT2D eigenvalue weighted by atomic mass is 32.2. The van der Waals surface area contributed by atoms with Crippen molar-refractivity contribution in [3.63, 3.8) is 0 Å². The van der Waals surface area contributed by atoms with Crippen LogP contribution in [0.4, 0.5) is 11.4 Å². The fraction of sp³-hybridized carbons (Fsp3) is 0.308. The van der Waals surface area contributed by atoms with Crippen LogP contribution in [0, 0.1) is 0 Å². The molecule has 10 heteroatoms. The fourth-order valence-corrected chi connectivity index (χ4v) is 5.04. The number of benzene rings is 1. The predicted molar refractivity (Wildman–Crippen MR) is 91.5 cm³/mol. The maximum absolute atomic E-state index is 11.9. The lowest BCUT2D eigenvalue weighted by atomic mass is 10.2. The molecule has 1 amide bonds. The first-order valence-electron chi connectivity index (χ1n) is 6.84. The minimum Gasteiger partial charge on any atom is -0.325 e. The number of nitrogens with one attached hydrogen (secondary N) is 1. The van der Waals surface area contributed by atoms with Gasteiger partial charge in [0.15, 0.2) is 4.34 Å². The molecule has 0 atom stereocenters. The van der Waals surface area contributed by atoms with Crippen LogP contribution in [0.5, 0.6) is 0 Å². The topological polar surface area (TPSA) is 92.3 Å². The van der Waals surface area contributed by atoms with E-state index in [9.17, 15) is 13.2 Å². The van der Waals surface area contributed by atoms with E-state index in [0.717, 1.165) is 4.34 Å². The summed E-state index contributed by atoms with van der Waals surface area (Å²) >= 11 is 2.71. The average molecular weight is 370 g/mol. The summed E-state index contributed by atoms with van der Waals surface area (Å²) in [7, 11) is -3.18. The number of nitrogens with zero attached hydrogens (tertiary/aromatic N) is 3. The summed E-state index contributed by atoms with van der Waals surface area (Å²) in [6.45, 7) is 0.506. The van der Waals surface area contributed by atoms with Crippen LogP contribution in [0.25, 0.3) is 0 Å². The van der Waals surface area contributed by atoms with Crippen LogP contribution in [-0.2, 0) is 14.8 Å². The molecule has 2 heterocycles. The number of carbonyl (C=O) groups excluding carboxylic acids is 1. The molecule has 1 aromatic heterocycles. The Morgan fingerprint density at radius 3 is 2.74 bits per heavy atom. The Kier molecular flexibility index (Phi) is 4.83. The van der Waals surface area contributed by atoms with Crippen LogP contribution < -0.4 is 9.62 Å². The van der Waals surface area contributed by atoms with E-state index in [0.29, 0.717) is 24.3 Å². The van der Waals surface area contributed by atoms with Gasteiger partial charge in [0, 0.05) is 12.2 Å². The molecule has 0 radical (unpaired) electrons. The highest BCUT2D eigenvalue weighted by Gasteiger charge is 2.28. The van der Waals surface area contributed by atoms with Gasteiger partial charge in [-0.1, -0.05) is 23.1 Å². The summed E-state index contributed by atoms with van der Waals surface area (Å²) in [6, 6.07) is 6.82. The summed E-state index contributed by atoms with van der Waals surface area (Å²) < 4.78 is 25.9. The molecule has 0 saturated carbocycles. The van der Waals surface area contributed by atoms with E-state index in [1.165, 1.54) is 27.4 Å². The van der Waals surface area contributed by atoms with Gasteiger partial charge in [-0.05, 0) is 30.7 Å². The first kappa shape index (κ1) is 16.2. The maximum Gasteiger partial charge on any atom is 0.235 e. The monoisotopic (exact) mass is 370 g/mol. The molecule has 1 aromatic carbocycles. The number of hydrogen-bond acceptors (Lipinski definition) is 7. The van der Waals surface area contributed by atoms with Gasteiger partial charge >= 0.3 is 0 Å². The molecule has 0 unspecified atom stereocenters. The third kappa shape index (κ3) is 4.01. The van der Waals surface area contributed by atoms with Crippen LogP contribution in [0.15, 0.2) is 34.1 Å². The van der Waals surface area contributed by atoms with Gasteiger partial charge in [-0.2, -0.15) is 0 Å². The van der Waals surface area contributed by atoms with Crippen LogP contribution in [0.1, 0.15) is 6.42 Å². The number of hydrogen-bond donors (Lipinski definition) is 1. The van der Waals surface area contributed by atoms with Crippen molar-refractivity contribution in [2.75, 3.05) is 27.7 Å². The zero-order valence-electron chi connectivity index (χ0n) is 12.0. The second kappa shape index (κ2) is 6.85. The second-order valence-corrected chi connectivity index (χ2v) is 8.90. The quantitative estimate of drug-likeness (QED) is 0.807. The van der Waals surface area contributed by atoms with Gasteiger partial charge in [0.2, 0.25) is 15.9 Å². The molecule has 1 aliphatic heterocycles. The minimum atomic E-state index is -3.18. The van der Waals surface area contributed by atoms with E-state index in [1.54, 1.807) is 29.8 Å². The number of aromatic nitrogens is 2. The summed E-state index contributed by atoms with van der Waals surface area (Å²) in [6.07, 6.45) is 0.643. The van der Waals surface area contributed by atoms with E-state index >= 15 is 0 Å². The first-order chi connectivity index (χ1) is 11.0. The standard InChI is InChI=1S/C13H14N4O3S3/c18-12(8-21-13-16-14-9-22-13)15-10-2-4-11(5-3-10)17-6-1-7-23(17,19)20/h2-5,9H,1,6-8H2,(H,15,18). The average Bonchev–Trinajstić information content (AvgIpc) is 3.15. The first-order valence-corrected chi connectivity index (χ1v) is 10.3. The smallest absolute Gasteiger partial charge is 0.235 e. The largest absolute Gasteiger partial charge is 0.325 e. The normalized spacial score (nSPS) is 16.4. The van der Waals surface area contributed by atoms with E-state index in [4.69, 9.17) is 0 Å². The summed E-state index contributed by atoms with van der Waals surface area (Å²) in [5.74, 6) is 0.290. The van der Waals surface area contributed by atoms with Crippen molar-refractivity contribution >= 4 is 50.4 Å². The molecule has 3 rings (SSSR count). The van der Waals surface area contributed by atoms with Gasteiger partial charge in [-0.15, -0.1) is 10.2 Å². The van der Waals surface area contributed by atoms with Gasteiger partial charge < -0.3 is 5.32 Å². The van der Waals surface area contributed by atoms with Gasteiger partial charge in [0.1, 0.15) is 5.51 Å². The molecule has 1 N–H and O–H groups in total. The van der Waals surface area contributed by atoms with Crippen LogP contribution in [-0.4, -0.2) is 42.6 Å². The highest BCUT2D eigenvalue weighted by Crippen LogP contribution is 2.25. The fourth-order valence-electron chi connectivity index (χ4n) is 2.19. The lowest BCUT2D eigenvalue weighted by Gasteiger charge is -2.17. The van der Waals surface area contributed by atoms with Crippen molar-refractivity contribution in [1.29, 1.82) is 0 Å². The lowest BCUT2D eigenvalue weighted by Crippen LogP contribution is -2.25. The van der Waals surface area contributed by atoms with Gasteiger partial charge in [0.05, 0.1) is 17.2 Å². The Morgan fingerprint density at radius 2 is 2.13 bits per heavy atom. The lowest BCUT2D eigenvalue weighted by molar-refractivity contribution is -0.113. The number of carbonyl (C=O) groups is 1. The molecule has 1 saturated heterocycles. The Morgan fingerprint density at radius 1 is 1.35 bits per heavy atom. The molecule has 2 aromatic rings. The van der Waals surface area contributed by atoms with E-state index in [2.05, 4.69) is 15.5 Å². The van der Waals surface area contributed by atoms with Crippen molar-refractivity contribution in [3.8, 4) is 0 Å². The van der Waals surface area contributed by atoms with Gasteiger partial charge in [0.25, 0.3) is 0 Å². The van der Waals surface area contributed by atoms with Crippen molar-refractivity contribution in [2.24, 2.45) is 0 Å². The van der Waals surface area contributed by atoms with E-state index in [1.807, 2.05) is 0 Å². The molecule has 0 bridgehead atoms. The third-order valence-electron chi connectivity index (χ3n) is 3.21. The Bertz CT molecular complexity index is 775. The highest BCUT2D eigenvalue weighted by molar-refractivity contribution is 8.01. The molecular formula is C13H14N4O3S3. The number of anilines is 2. The van der Waals surface area contributed by atoms with E-state index in [-0.39, 0.29) is 17.4 Å². The van der Waals surface area contributed by atoms with Gasteiger partial charge in [-0.25, -0.2) is 8.42 Å². The van der Waals surface area contributed by atoms with Crippen molar-refractivity contribution in [2.45, 2.75) is 10.8 Å². The zero-order valence-corrected chi connectivity index (χ0v) is 14.5. The zero-order chi connectivity index (χ0) is 16.3. The van der Waals surface area contributed by atoms with Crippen LogP contribution >= 0.6 is 23.1 Å². The van der Waals surface area contributed by atoms with Crippen LogP contribution in [0.2, 0.25) is 0 Å². The number of thioether (sulfide) groups is 1. The molecule has 0 aliphatic carbocycles. The molecule has 1 aliphatic rings. The number of amides is 1. The molecular weight excluding hydrogens is 356 g/mol. The summed E-state index contributed by atoms with van der Waals surface area (Å²) in [5, 5.41) is 10.3. The van der Waals surface area contributed by atoms with E-state index < -0.39 is 10.0 Å². The van der Waals surface area contributed by atoms with Crippen molar-refractivity contribution in [1.82, 2.24) is 10.2 Å². The number of sulfonamides is 1. The van der Waals surface area contributed by atoms with Crippen molar-refractivity contribution in [3.05, 3.63) is 29.8 Å². The molecule has 0 spiro atoms. The second-order valence-electron chi connectivity index (χ2n) is 4.83. The summed E-state index contributed by atoms with van der Waals surface area (Å²) in [4.78, 5) is 11.9. The Balaban J connectivity index is 1.58. The maximum atomic E-state index is 11.9. The molecule has 23 heavy (non-hydrogen) atoms. The molecule has 1 fully saturated rings.